The predicted molar refractivity (Wildman–Crippen MR) is 73.2 cm³/mol. The molecule has 0 saturated heterocycles. The summed E-state index contributed by atoms with van der Waals surface area (Å²) in [6.45, 7) is 4.56. The van der Waals surface area contributed by atoms with Crippen LogP contribution >= 0.6 is 0 Å². The number of rotatable bonds is 5. The van der Waals surface area contributed by atoms with Crippen LogP contribution in [0.5, 0.6) is 0 Å². The fourth-order valence-corrected chi connectivity index (χ4v) is 3.20. The summed E-state index contributed by atoms with van der Waals surface area (Å²) in [5.41, 5.74) is 1.36. The van der Waals surface area contributed by atoms with Crippen molar-refractivity contribution >= 4 is 0 Å². The standard InChI is InChI=1S/C15H25N3/c1-12-3-2-4-13(7-12)10-18-11-16-8-15(18)9-17-14-5-6-14/h8,11-14,17H,2-7,9-10H2,1H3. The maximum Gasteiger partial charge on any atom is 0.0948 e. The van der Waals surface area contributed by atoms with Crippen molar-refractivity contribution in [1.29, 1.82) is 0 Å². The average molecular weight is 247 g/mol. The van der Waals surface area contributed by atoms with Crippen LogP contribution in [0.1, 0.15) is 51.1 Å². The third-order valence-corrected chi connectivity index (χ3v) is 4.45. The molecule has 0 bridgehead atoms. The molecule has 3 nitrogen and oxygen atoms in total. The minimum Gasteiger partial charge on any atom is -0.333 e. The molecule has 2 atom stereocenters. The molecule has 18 heavy (non-hydrogen) atoms. The Hall–Kier alpha value is -0.830. The molecule has 100 valence electrons. The Bertz CT molecular complexity index is 381. The van der Waals surface area contributed by atoms with Crippen LogP contribution in [0.15, 0.2) is 12.5 Å². The van der Waals surface area contributed by atoms with Crippen molar-refractivity contribution in [3.05, 3.63) is 18.2 Å². The molecule has 3 heteroatoms. The van der Waals surface area contributed by atoms with Gasteiger partial charge in [0.25, 0.3) is 0 Å². The van der Waals surface area contributed by atoms with Crippen LogP contribution in [-0.2, 0) is 13.1 Å². The van der Waals surface area contributed by atoms with Crippen LogP contribution in [0.2, 0.25) is 0 Å². The third kappa shape index (κ3) is 3.14. The zero-order valence-corrected chi connectivity index (χ0v) is 11.4. The Labute approximate surface area is 110 Å². The number of hydrogen-bond donors (Lipinski definition) is 1. The van der Waals surface area contributed by atoms with E-state index in [4.69, 9.17) is 0 Å². The minimum atomic E-state index is 0.781. The molecule has 0 aliphatic heterocycles. The van der Waals surface area contributed by atoms with E-state index in [-0.39, 0.29) is 0 Å². The van der Waals surface area contributed by atoms with Crippen molar-refractivity contribution in [1.82, 2.24) is 14.9 Å². The normalized spacial score (nSPS) is 28.5. The highest BCUT2D eigenvalue weighted by molar-refractivity contribution is 5.00. The monoisotopic (exact) mass is 247 g/mol. The first-order valence-corrected chi connectivity index (χ1v) is 7.53. The zero-order chi connectivity index (χ0) is 12.4. The maximum atomic E-state index is 4.33. The Morgan fingerprint density at radius 2 is 2.22 bits per heavy atom. The fourth-order valence-electron chi connectivity index (χ4n) is 3.20. The summed E-state index contributed by atoms with van der Waals surface area (Å²) in [5, 5.41) is 3.58. The molecule has 0 spiro atoms. The van der Waals surface area contributed by atoms with Gasteiger partial charge in [0.15, 0.2) is 0 Å². The van der Waals surface area contributed by atoms with Gasteiger partial charge in [0.2, 0.25) is 0 Å². The zero-order valence-electron chi connectivity index (χ0n) is 11.4. The van der Waals surface area contributed by atoms with Gasteiger partial charge < -0.3 is 9.88 Å². The minimum absolute atomic E-state index is 0.781. The van der Waals surface area contributed by atoms with E-state index in [1.165, 1.54) is 50.8 Å². The number of aromatic nitrogens is 2. The van der Waals surface area contributed by atoms with Gasteiger partial charge in [-0.2, -0.15) is 0 Å². The van der Waals surface area contributed by atoms with Gasteiger partial charge in [0.05, 0.1) is 12.0 Å². The summed E-state index contributed by atoms with van der Waals surface area (Å²) in [5.74, 6) is 1.78. The smallest absolute Gasteiger partial charge is 0.0948 e. The molecule has 1 N–H and O–H groups in total. The summed E-state index contributed by atoms with van der Waals surface area (Å²) in [7, 11) is 0. The van der Waals surface area contributed by atoms with E-state index in [1.807, 2.05) is 12.5 Å². The molecule has 2 fully saturated rings. The lowest BCUT2D eigenvalue weighted by atomic mass is 9.82. The highest BCUT2D eigenvalue weighted by Gasteiger charge is 2.22. The molecule has 1 heterocycles. The molecule has 1 aromatic rings. The molecule has 0 amide bonds. The van der Waals surface area contributed by atoms with E-state index >= 15 is 0 Å². The van der Waals surface area contributed by atoms with Crippen LogP contribution in [0, 0.1) is 11.8 Å². The van der Waals surface area contributed by atoms with Gasteiger partial charge in [-0.3, -0.25) is 0 Å². The van der Waals surface area contributed by atoms with Gasteiger partial charge in [-0.25, -0.2) is 4.98 Å². The van der Waals surface area contributed by atoms with Crippen LogP contribution in [0.3, 0.4) is 0 Å². The molecule has 0 aromatic carbocycles. The molecule has 3 rings (SSSR count). The van der Waals surface area contributed by atoms with Crippen LogP contribution in [-0.4, -0.2) is 15.6 Å². The largest absolute Gasteiger partial charge is 0.333 e. The number of hydrogen-bond acceptors (Lipinski definition) is 2. The van der Waals surface area contributed by atoms with Crippen molar-refractivity contribution in [3.8, 4) is 0 Å². The quantitative estimate of drug-likeness (QED) is 0.867. The van der Waals surface area contributed by atoms with Gasteiger partial charge in [-0.15, -0.1) is 0 Å². The molecule has 1 aromatic heterocycles. The van der Waals surface area contributed by atoms with E-state index in [2.05, 4.69) is 21.8 Å². The summed E-state index contributed by atoms with van der Waals surface area (Å²) < 4.78 is 2.37. The Balaban J connectivity index is 1.55. The van der Waals surface area contributed by atoms with Crippen molar-refractivity contribution in [3.63, 3.8) is 0 Å². The lowest BCUT2D eigenvalue weighted by Crippen LogP contribution is -2.22. The summed E-state index contributed by atoms with van der Waals surface area (Å²) in [4.78, 5) is 4.33. The van der Waals surface area contributed by atoms with Gasteiger partial charge in [-0.05, 0) is 37.5 Å². The van der Waals surface area contributed by atoms with Crippen molar-refractivity contribution < 1.29 is 0 Å². The van der Waals surface area contributed by atoms with Crippen molar-refractivity contribution in [2.75, 3.05) is 0 Å². The molecule has 0 radical (unpaired) electrons. The highest BCUT2D eigenvalue weighted by atomic mass is 15.1. The van der Waals surface area contributed by atoms with Crippen LogP contribution in [0.4, 0.5) is 0 Å². The molecule has 2 unspecified atom stereocenters. The van der Waals surface area contributed by atoms with E-state index in [0.29, 0.717) is 0 Å². The molecular formula is C15H25N3. The molecular weight excluding hydrogens is 222 g/mol. The van der Waals surface area contributed by atoms with Gasteiger partial charge >= 0.3 is 0 Å². The maximum absolute atomic E-state index is 4.33. The lowest BCUT2D eigenvalue weighted by Gasteiger charge is -2.27. The second kappa shape index (κ2) is 5.43. The number of nitrogens with one attached hydrogen (secondary N) is 1. The van der Waals surface area contributed by atoms with Gasteiger partial charge in [0, 0.05) is 25.3 Å². The van der Waals surface area contributed by atoms with Gasteiger partial charge in [-0.1, -0.05) is 19.8 Å². The fraction of sp³-hybridized carbons (Fsp3) is 0.800. The van der Waals surface area contributed by atoms with E-state index in [1.54, 1.807) is 0 Å². The summed E-state index contributed by atoms with van der Waals surface area (Å²) >= 11 is 0. The van der Waals surface area contributed by atoms with E-state index in [9.17, 15) is 0 Å². The Morgan fingerprint density at radius 3 is 3.00 bits per heavy atom. The highest BCUT2D eigenvalue weighted by Crippen LogP contribution is 2.30. The first-order chi connectivity index (χ1) is 8.81. The second-order valence-corrected chi connectivity index (χ2v) is 6.33. The van der Waals surface area contributed by atoms with Crippen LogP contribution < -0.4 is 5.32 Å². The number of imidazole rings is 1. The SMILES string of the molecule is CC1CCCC(Cn2cncc2CNC2CC2)C1. The molecule has 2 saturated carbocycles. The first kappa shape index (κ1) is 12.2. The number of nitrogens with zero attached hydrogens (tertiary/aromatic N) is 2. The van der Waals surface area contributed by atoms with Crippen LogP contribution in [0.25, 0.3) is 0 Å². The summed E-state index contributed by atoms with van der Waals surface area (Å²) in [6, 6.07) is 0.781. The van der Waals surface area contributed by atoms with Crippen molar-refractivity contribution in [2.45, 2.75) is 64.6 Å². The first-order valence-electron chi connectivity index (χ1n) is 7.53. The lowest BCUT2D eigenvalue weighted by molar-refractivity contribution is 0.255. The van der Waals surface area contributed by atoms with Crippen molar-refractivity contribution in [2.24, 2.45) is 11.8 Å². The molecule has 2 aliphatic rings. The van der Waals surface area contributed by atoms with E-state index < -0.39 is 0 Å². The predicted octanol–water partition coefficient (Wildman–Crippen LogP) is 2.96. The average Bonchev–Trinajstić information content (AvgIpc) is 3.08. The Morgan fingerprint density at radius 1 is 1.33 bits per heavy atom. The summed E-state index contributed by atoms with van der Waals surface area (Å²) in [6.07, 6.45) is 12.4. The second-order valence-electron chi connectivity index (χ2n) is 6.33. The Kier molecular flexibility index (Phi) is 3.69. The third-order valence-electron chi connectivity index (χ3n) is 4.45. The molecule has 2 aliphatic carbocycles. The van der Waals surface area contributed by atoms with E-state index in [0.717, 1.165) is 24.4 Å². The topological polar surface area (TPSA) is 29.9 Å². The van der Waals surface area contributed by atoms with Gasteiger partial charge in [0.1, 0.15) is 0 Å².